The fraction of sp³-hybridized carbons (Fsp3) is 0.353. The molecule has 0 N–H and O–H groups in total. The van der Waals surface area contributed by atoms with Crippen LogP contribution in [0.3, 0.4) is 0 Å². The van der Waals surface area contributed by atoms with Gasteiger partial charge >= 0.3 is 5.97 Å². The van der Waals surface area contributed by atoms with Crippen molar-refractivity contribution in [2.75, 3.05) is 6.61 Å². The molecular formula is C17H18N2O4S. The molecule has 7 heteroatoms. The van der Waals surface area contributed by atoms with E-state index in [1.54, 1.807) is 37.5 Å². The molecule has 0 saturated carbocycles. The van der Waals surface area contributed by atoms with Crippen molar-refractivity contribution in [2.24, 2.45) is 11.0 Å². The number of amides is 1. The first kappa shape index (κ1) is 16.4. The van der Waals surface area contributed by atoms with E-state index < -0.39 is 5.97 Å². The number of carbonyl (C=O) groups is 2. The smallest absolute Gasteiger partial charge is 0.308 e. The van der Waals surface area contributed by atoms with Gasteiger partial charge in [0.1, 0.15) is 11.8 Å². The van der Waals surface area contributed by atoms with Gasteiger partial charge in [-0.2, -0.15) is 5.10 Å². The maximum absolute atomic E-state index is 12.5. The third-order valence-corrected chi connectivity index (χ3v) is 4.57. The van der Waals surface area contributed by atoms with Crippen LogP contribution in [-0.2, 0) is 14.3 Å². The van der Waals surface area contributed by atoms with Crippen LogP contribution in [0.2, 0.25) is 0 Å². The Balaban J connectivity index is 1.78. The molecule has 1 aliphatic heterocycles. The van der Waals surface area contributed by atoms with E-state index in [1.807, 2.05) is 23.6 Å². The topological polar surface area (TPSA) is 72.1 Å². The van der Waals surface area contributed by atoms with Crippen LogP contribution >= 0.6 is 11.3 Å². The van der Waals surface area contributed by atoms with Gasteiger partial charge in [0.15, 0.2) is 6.61 Å². The van der Waals surface area contributed by atoms with E-state index in [-0.39, 0.29) is 24.5 Å². The fourth-order valence-electron chi connectivity index (χ4n) is 2.40. The Morgan fingerprint density at radius 2 is 2.25 bits per heavy atom. The number of nitrogens with zero attached hydrogens (tertiary/aromatic N) is 2. The molecule has 3 rings (SSSR count). The summed E-state index contributed by atoms with van der Waals surface area (Å²) in [6.07, 6.45) is 2.14. The lowest BCUT2D eigenvalue weighted by molar-refractivity contribution is -0.155. The number of ether oxygens (including phenoxy) is 1. The first-order chi connectivity index (χ1) is 11.6. The van der Waals surface area contributed by atoms with Crippen molar-refractivity contribution < 1.29 is 18.7 Å². The van der Waals surface area contributed by atoms with Crippen LogP contribution in [0.15, 0.2) is 45.4 Å². The molecule has 1 atom stereocenters. The molecule has 0 spiro atoms. The molecule has 2 aromatic heterocycles. The van der Waals surface area contributed by atoms with Crippen LogP contribution in [0.25, 0.3) is 0 Å². The predicted molar refractivity (Wildman–Crippen MR) is 89.6 cm³/mol. The van der Waals surface area contributed by atoms with Gasteiger partial charge < -0.3 is 9.15 Å². The quantitative estimate of drug-likeness (QED) is 0.779. The van der Waals surface area contributed by atoms with Gasteiger partial charge in [0.05, 0.1) is 22.8 Å². The number of hydrazone groups is 1. The summed E-state index contributed by atoms with van der Waals surface area (Å²) >= 11 is 1.57. The monoisotopic (exact) mass is 346 g/mol. The summed E-state index contributed by atoms with van der Waals surface area (Å²) in [6, 6.07) is 7.19. The van der Waals surface area contributed by atoms with Crippen molar-refractivity contribution in [3.63, 3.8) is 0 Å². The lowest BCUT2D eigenvalue weighted by atomic mass is 10.1. The van der Waals surface area contributed by atoms with Crippen LogP contribution in [0, 0.1) is 5.92 Å². The van der Waals surface area contributed by atoms with Gasteiger partial charge in [0.2, 0.25) is 0 Å². The van der Waals surface area contributed by atoms with Gasteiger partial charge in [-0.05, 0) is 23.6 Å². The second-order valence-electron chi connectivity index (χ2n) is 5.76. The Labute approximate surface area is 143 Å². The Hall–Kier alpha value is -2.41. The van der Waals surface area contributed by atoms with E-state index in [2.05, 4.69) is 5.10 Å². The Morgan fingerprint density at radius 1 is 1.42 bits per heavy atom. The number of carbonyl (C=O) groups excluding carboxylic acids is 2. The lowest BCUT2D eigenvalue weighted by Crippen LogP contribution is -2.31. The molecule has 126 valence electrons. The summed E-state index contributed by atoms with van der Waals surface area (Å²) in [7, 11) is 0. The highest BCUT2D eigenvalue weighted by molar-refractivity contribution is 7.12. The zero-order valence-corrected chi connectivity index (χ0v) is 14.3. The van der Waals surface area contributed by atoms with Gasteiger partial charge in [0, 0.05) is 6.42 Å². The highest BCUT2D eigenvalue weighted by Crippen LogP contribution is 2.33. The van der Waals surface area contributed by atoms with E-state index >= 15 is 0 Å². The molecule has 0 fully saturated rings. The molecular weight excluding hydrogens is 328 g/mol. The second-order valence-corrected chi connectivity index (χ2v) is 6.71. The average Bonchev–Trinajstić information content (AvgIpc) is 3.31. The van der Waals surface area contributed by atoms with Crippen LogP contribution < -0.4 is 0 Å². The maximum atomic E-state index is 12.5. The van der Waals surface area contributed by atoms with E-state index in [0.29, 0.717) is 12.2 Å². The van der Waals surface area contributed by atoms with E-state index in [9.17, 15) is 9.59 Å². The van der Waals surface area contributed by atoms with Crippen molar-refractivity contribution in [3.8, 4) is 0 Å². The molecule has 0 unspecified atom stereocenters. The third-order valence-electron chi connectivity index (χ3n) is 3.65. The molecule has 24 heavy (non-hydrogen) atoms. The Bertz CT molecular complexity index is 735. The summed E-state index contributed by atoms with van der Waals surface area (Å²) in [6.45, 7) is 3.12. The molecule has 6 nitrogen and oxygen atoms in total. The molecule has 0 saturated heterocycles. The number of esters is 1. The number of hydrogen-bond donors (Lipinski definition) is 0. The van der Waals surface area contributed by atoms with Gasteiger partial charge in [-0.1, -0.05) is 19.9 Å². The minimum Gasteiger partial charge on any atom is -0.467 e. The van der Waals surface area contributed by atoms with Crippen molar-refractivity contribution in [1.82, 2.24) is 5.01 Å². The maximum Gasteiger partial charge on any atom is 0.308 e. The minimum absolute atomic E-state index is 0.276. The average molecular weight is 346 g/mol. The first-order valence-corrected chi connectivity index (χ1v) is 8.57. The normalized spacial score (nSPS) is 17.2. The summed E-state index contributed by atoms with van der Waals surface area (Å²) in [5, 5.41) is 7.78. The van der Waals surface area contributed by atoms with E-state index in [0.717, 1.165) is 10.6 Å². The molecule has 1 aliphatic rings. The van der Waals surface area contributed by atoms with Crippen molar-refractivity contribution >= 4 is 28.9 Å². The second kappa shape index (κ2) is 7.00. The largest absolute Gasteiger partial charge is 0.467 e. The summed E-state index contributed by atoms with van der Waals surface area (Å²) < 4.78 is 10.5. The van der Waals surface area contributed by atoms with Gasteiger partial charge in [-0.25, -0.2) is 5.01 Å². The van der Waals surface area contributed by atoms with Gasteiger partial charge in [-0.3, -0.25) is 9.59 Å². The Morgan fingerprint density at radius 3 is 2.88 bits per heavy atom. The van der Waals surface area contributed by atoms with Gasteiger partial charge in [0.25, 0.3) is 5.91 Å². The molecule has 0 aliphatic carbocycles. The van der Waals surface area contributed by atoms with Crippen molar-refractivity contribution in [2.45, 2.75) is 26.3 Å². The third kappa shape index (κ3) is 3.41. The fourth-order valence-corrected chi connectivity index (χ4v) is 3.12. The molecule has 1 amide bonds. The number of rotatable bonds is 5. The number of furan rings is 1. The van der Waals surface area contributed by atoms with Gasteiger partial charge in [-0.15, -0.1) is 11.3 Å². The summed E-state index contributed by atoms with van der Waals surface area (Å²) in [5.41, 5.74) is 0.829. The predicted octanol–water partition coefficient (Wildman–Crippen LogP) is 3.22. The highest BCUT2D eigenvalue weighted by atomic mass is 32.1. The number of thiophene rings is 1. The van der Waals surface area contributed by atoms with E-state index in [4.69, 9.17) is 9.15 Å². The molecule has 3 heterocycles. The lowest BCUT2D eigenvalue weighted by Gasteiger charge is -2.19. The van der Waals surface area contributed by atoms with Crippen molar-refractivity contribution in [3.05, 3.63) is 46.5 Å². The highest BCUT2D eigenvalue weighted by Gasteiger charge is 2.35. The van der Waals surface area contributed by atoms with E-state index in [1.165, 1.54) is 5.01 Å². The minimum atomic E-state index is -0.403. The molecule has 0 bridgehead atoms. The summed E-state index contributed by atoms with van der Waals surface area (Å²) in [4.78, 5) is 25.1. The van der Waals surface area contributed by atoms with Crippen LogP contribution in [0.1, 0.15) is 36.9 Å². The Kier molecular flexibility index (Phi) is 4.80. The molecule has 0 radical (unpaired) electrons. The zero-order valence-electron chi connectivity index (χ0n) is 13.5. The number of hydrogen-bond acceptors (Lipinski definition) is 6. The van der Waals surface area contributed by atoms with Crippen LogP contribution in [0.5, 0.6) is 0 Å². The SMILES string of the molecule is CC(C)C(=O)OCC(=O)N1N=C(c2cccs2)C[C@H]1c1ccco1. The zero-order chi connectivity index (χ0) is 17.1. The van der Waals surface area contributed by atoms with Crippen LogP contribution in [-0.4, -0.2) is 29.2 Å². The standard InChI is InChI=1S/C17H18N2O4S/c1-11(2)17(21)23-10-16(20)19-13(14-5-3-7-22-14)9-12(18-19)15-6-4-8-24-15/h3-8,11,13H,9-10H2,1-2H3/t13-/m0/s1. The molecule has 0 aromatic carbocycles. The molecule has 2 aromatic rings. The van der Waals surface area contributed by atoms with Crippen molar-refractivity contribution in [1.29, 1.82) is 0 Å². The van der Waals surface area contributed by atoms with Crippen LogP contribution in [0.4, 0.5) is 0 Å². The first-order valence-electron chi connectivity index (χ1n) is 7.69. The summed E-state index contributed by atoms with van der Waals surface area (Å²) in [5.74, 6) is -0.382.